The van der Waals surface area contributed by atoms with Crippen LogP contribution >= 0.6 is 11.6 Å². The van der Waals surface area contributed by atoms with Crippen LogP contribution in [0.3, 0.4) is 0 Å². The smallest absolute Gasteiger partial charge is 0.0839 e. The van der Waals surface area contributed by atoms with Crippen LogP contribution < -0.4 is 5.32 Å². The summed E-state index contributed by atoms with van der Waals surface area (Å²) in [6.07, 6.45) is -0.387. The van der Waals surface area contributed by atoms with Gasteiger partial charge in [-0.2, -0.15) is 0 Å². The summed E-state index contributed by atoms with van der Waals surface area (Å²) in [6.45, 7) is 4.51. The first kappa shape index (κ1) is 13.6. The van der Waals surface area contributed by atoms with Crippen molar-refractivity contribution in [1.29, 1.82) is 0 Å². The highest BCUT2D eigenvalue weighted by Gasteiger charge is 2.14. The largest absolute Gasteiger partial charge is 0.390 e. The molecule has 0 bridgehead atoms. The minimum absolute atomic E-state index is 0.387. The molecule has 2 rings (SSSR count). The number of β-amino-alcohol motifs (C(OH)–C–C–N with tert-alkyl or cyclic N) is 1. The van der Waals surface area contributed by atoms with Crippen molar-refractivity contribution in [1.82, 2.24) is 4.90 Å². The van der Waals surface area contributed by atoms with Gasteiger partial charge in [0.15, 0.2) is 0 Å². The first-order valence-corrected chi connectivity index (χ1v) is 6.59. The Labute approximate surface area is 113 Å². The predicted octanol–water partition coefficient (Wildman–Crippen LogP) is 1.45. The van der Waals surface area contributed by atoms with E-state index in [2.05, 4.69) is 10.2 Å². The summed E-state index contributed by atoms with van der Waals surface area (Å²) in [6, 6.07) is 7.51. The Morgan fingerprint density at radius 2 is 2.17 bits per heavy atom. The Kier molecular flexibility index (Phi) is 5.26. The quantitative estimate of drug-likeness (QED) is 0.850. The normalized spacial score (nSPS) is 18.6. The maximum absolute atomic E-state index is 9.95. The molecule has 18 heavy (non-hydrogen) atoms. The molecule has 1 saturated heterocycles. The maximum atomic E-state index is 9.95. The standard InChI is InChI=1S/C13H19ClN2O2/c14-11-2-1-3-12(8-11)15-9-13(17)10-16-4-6-18-7-5-16/h1-3,8,13,15,17H,4-7,9-10H2. The highest BCUT2D eigenvalue weighted by Crippen LogP contribution is 2.14. The molecule has 1 aromatic rings. The lowest BCUT2D eigenvalue weighted by Gasteiger charge is -2.28. The van der Waals surface area contributed by atoms with E-state index in [4.69, 9.17) is 16.3 Å². The van der Waals surface area contributed by atoms with Gasteiger partial charge in [-0.25, -0.2) is 0 Å². The Morgan fingerprint density at radius 1 is 1.39 bits per heavy atom. The van der Waals surface area contributed by atoms with E-state index in [9.17, 15) is 5.11 Å². The van der Waals surface area contributed by atoms with Gasteiger partial charge in [-0.05, 0) is 18.2 Å². The van der Waals surface area contributed by atoms with Crippen LogP contribution in [0.1, 0.15) is 0 Å². The Hall–Kier alpha value is -0.810. The Balaban J connectivity index is 1.72. The summed E-state index contributed by atoms with van der Waals surface area (Å²) in [5, 5.41) is 13.8. The first-order chi connectivity index (χ1) is 8.74. The number of rotatable bonds is 5. The van der Waals surface area contributed by atoms with Crippen LogP contribution in [0.4, 0.5) is 5.69 Å². The van der Waals surface area contributed by atoms with Crippen LogP contribution in [0.2, 0.25) is 5.02 Å². The first-order valence-electron chi connectivity index (χ1n) is 6.21. The molecule has 4 nitrogen and oxygen atoms in total. The van der Waals surface area contributed by atoms with Crippen molar-refractivity contribution in [2.24, 2.45) is 0 Å². The number of benzene rings is 1. The highest BCUT2D eigenvalue weighted by molar-refractivity contribution is 6.30. The number of nitrogens with zero attached hydrogens (tertiary/aromatic N) is 1. The molecule has 1 aromatic carbocycles. The van der Waals surface area contributed by atoms with Crippen molar-refractivity contribution in [3.8, 4) is 0 Å². The van der Waals surface area contributed by atoms with E-state index in [1.54, 1.807) is 0 Å². The molecule has 5 heteroatoms. The summed E-state index contributed by atoms with van der Waals surface area (Å²) >= 11 is 5.89. The Bertz CT molecular complexity index is 370. The number of hydrogen-bond donors (Lipinski definition) is 2. The predicted molar refractivity (Wildman–Crippen MR) is 73.2 cm³/mol. The number of hydrogen-bond acceptors (Lipinski definition) is 4. The minimum Gasteiger partial charge on any atom is -0.390 e. The second-order valence-electron chi connectivity index (χ2n) is 4.46. The molecule has 1 fully saturated rings. The molecule has 0 aliphatic carbocycles. The van der Waals surface area contributed by atoms with Crippen molar-refractivity contribution < 1.29 is 9.84 Å². The van der Waals surface area contributed by atoms with E-state index in [0.717, 1.165) is 32.0 Å². The molecule has 100 valence electrons. The molecule has 2 N–H and O–H groups in total. The molecule has 0 amide bonds. The number of anilines is 1. The van der Waals surface area contributed by atoms with Gasteiger partial charge in [-0.3, -0.25) is 4.90 Å². The topological polar surface area (TPSA) is 44.7 Å². The molecule has 0 aromatic heterocycles. The van der Waals surface area contributed by atoms with E-state index >= 15 is 0 Å². The minimum atomic E-state index is -0.387. The summed E-state index contributed by atoms with van der Waals surface area (Å²) in [5.74, 6) is 0. The fourth-order valence-electron chi connectivity index (χ4n) is 1.98. The van der Waals surface area contributed by atoms with Crippen LogP contribution in [0, 0.1) is 0 Å². The lowest BCUT2D eigenvalue weighted by Crippen LogP contribution is -2.42. The van der Waals surface area contributed by atoms with Gasteiger partial charge in [0.05, 0.1) is 19.3 Å². The molecular weight excluding hydrogens is 252 g/mol. The van der Waals surface area contributed by atoms with Gasteiger partial charge in [0, 0.05) is 36.9 Å². The van der Waals surface area contributed by atoms with E-state index in [-0.39, 0.29) is 6.10 Å². The van der Waals surface area contributed by atoms with E-state index in [1.807, 2.05) is 24.3 Å². The summed E-state index contributed by atoms with van der Waals surface area (Å²) in [4.78, 5) is 2.22. The SMILES string of the molecule is OC(CNc1cccc(Cl)c1)CN1CCOCC1. The second-order valence-corrected chi connectivity index (χ2v) is 4.89. The zero-order valence-corrected chi connectivity index (χ0v) is 11.1. The van der Waals surface area contributed by atoms with Gasteiger partial charge in [-0.1, -0.05) is 17.7 Å². The number of ether oxygens (including phenoxy) is 1. The average molecular weight is 271 g/mol. The third-order valence-electron chi connectivity index (χ3n) is 2.94. The number of aliphatic hydroxyl groups is 1. The van der Waals surface area contributed by atoms with Crippen molar-refractivity contribution in [2.75, 3.05) is 44.7 Å². The number of morpholine rings is 1. The van der Waals surface area contributed by atoms with Gasteiger partial charge in [-0.15, -0.1) is 0 Å². The van der Waals surface area contributed by atoms with Gasteiger partial charge >= 0.3 is 0 Å². The van der Waals surface area contributed by atoms with Crippen LogP contribution in [-0.4, -0.2) is 55.5 Å². The molecular formula is C13H19ClN2O2. The van der Waals surface area contributed by atoms with Gasteiger partial charge in [0.25, 0.3) is 0 Å². The third kappa shape index (κ3) is 4.46. The Morgan fingerprint density at radius 3 is 2.89 bits per heavy atom. The van der Waals surface area contributed by atoms with Crippen LogP contribution in [0.25, 0.3) is 0 Å². The zero-order chi connectivity index (χ0) is 12.8. The fraction of sp³-hybridized carbons (Fsp3) is 0.538. The highest BCUT2D eigenvalue weighted by atomic mass is 35.5. The summed E-state index contributed by atoms with van der Waals surface area (Å²) < 4.78 is 5.27. The third-order valence-corrected chi connectivity index (χ3v) is 3.17. The zero-order valence-electron chi connectivity index (χ0n) is 10.3. The number of nitrogens with one attached hydrogen (secondary N) is 1. The number of halogens is 1. The maximum Gasteiger partial charge on any atom is 0.0839 e. The van der Waals surface area contributed by atoms with Crippen LogP contribution in [-0.2, 0) is 4.74 Å². The second kappa shape index (κ2) is 6.95. The lowest BCUT2D eigenvalue weighted by atomic mass is 10.2. The fourth-order valence-corrected chi connectivity index (χ4v) is 2.17. The van der Waals surface area contributed by atoms with Crippen molar-refractivity contribution in [3.63, 3.8) is 0 Å². The van der Waals surface area contributed by atoms with Crippen molar-refractivity contribution >= 4 is 17.3 Å². The van der Waals surface area contributed by atoms with E-state index in [1.165, 1.54) is 0 Å². The van der Waals surface area contributed by atoms with Gasteiger partial charge in [0.1, 0.15) is 0 Å². The molecule has 0 saturated carbocycles. The molecule has 1 unspecified atom stereocenters. The molecule has 1 aliphatic rings. The average Bonchev–Trinajstić information content (AvgIpc) is 2.38. The molecule has 1 heterocycles. The lowest BCUT2D eigenvalue weighted by molar-refractivity contribution is 0.0171. The summed E-state index contributed by atoms with van der Waals surface area (Å²) in [7, 11) is 0. The van der Waals surface area contributed by atoms with E-state index in [0.29, 0.717) is 18.1 Å². The van der Waals surface area contributed by atoms with Crippen LogP contribution in [0.15, 0.2) is 24.3 Å². The molecule has 0 radical (unpaired) electrons. The van der Waals surface area contributed by atoms with Crippen LogP contribution in [0.5, 0.6) is 0 Å². The molecule has 0 spiro atoms. The van der Waals surface area contributed by atoms with Crippen molar-refractivity contribution in [3.05, 3.63) is 29.3 Å². The number of aliphatic hydroxyl groups excluding tert-OH is 1. The van der Waals surface area contributed by atoms with Gasteiger partial charge in [0.2, 0.25) is 0 Å². The monoisotopic (exact) mass is 270 g/mol. The van der Waals surface area contributed by atoms with Gasteiger partial charge < -0.3 is 15.2 Å². The summed E-state index contributed by atoms with van der Waals surface area (Å²) in [5.41, 5.74) is 0.934. The van der Waals surface area contributed by atoms with E-state index < -0.39 is 0 Å². The molecule has 1 aliphatic heterocycles. The molecule has 1 atom stereocenters. The van der Waals surface area contributed by atoms with Crippen molar-refractivity contribution in [2.45, 2.75) is 6.10 Å².